The summed E-state index contributed by atoms with van der Waals surface area (Å²) in [6, 6.07) is 14.5. The predicted molar refractivity (Wildman–Crippen MR) is 85.2 cm³/mol. The Morgan fingerprint density at radius 1 is 1.05 bits per heavy atom. The number of carbonyl (C=O) groups is 1. The van der Waals surface area contributed by atoms with Gasteiger partial charge >= 0.3 is 0 Å². The second-order valence-electron chi connectivity index (χ2n) is 6.14. The topological polar surface area (TPSA) is 29.1 Å². The highest BCUT2D eigenvalue weighted by Crippen LogP contribution is 2.18. The van der Waals surface area contributed by atoms with E-state index in [1.54, 1.807) is 0 Å². The van der Waals surface area contributed by atoms with Crippen LogP contribution in [-0.4, -0.2) is 5.91 Å². The molecule has 0 aliphatic rings. The average molecular weight is 267 g/mol. The summed E-state index contributed by atoms with van der Waals surface area (Å²) in [5, 5.41) is 5.37. The van der Waals surface area contributed by atoms with Gasteiger partial charge in [0.2, 0.25) is 5.91 Å². The first-order valence-electron chi connectivity index (χ1n) is 6.85. The van der Waals surface area contributed by atoms with Gasteiger partial charge in [0.1, 0.15) is 0 Å². The SMILES string of the molecule is C/C(=C/c1ccc2ccccc2c1)NC(=O)C(C)(C)C. The molecule has 0 saturated carbocycles. The van der Waals surface area contributed by atoms with Gasteiger partial charge in [0.15, 0.2) is 0 Å². The summed E-state index contributed by atoms with van der Waals surface area (Å²) in [4.78, 5) is 11.9. The average Bonchev–Trinajstić information content (AvgIpc) is 2.37. The van der Waals surface area contributed by atoms with Gasteiger partial charge in [0.05, 0.1) is 0 Å². The number of benzene rings is 2. The summed E-state index contributed by atoms with van der Waals surface area (Å²) in [5.74, 6) is 0.0343. The number of amides is 1. The van der Waals surface area contributed by atoms with Crippen molar-refractivity contribution in [1.29, 1.82) is 0 Å². The molecule has 0 fully saturated rings. The van der Waals surface area contributed by atoms with Crippen molar-refractivity contribution in [1.82, 2.24) is 5.32 Å². The number of hydrogen-bond acceptors (Lipinski definition) is 1. The highest BCUT2D eigenvalue weighted by Gasteiger charge is 2.20. The zero-order chi connectivity index (χ0) is 14.8. The maximum Gasteiger partial charge on any atom is 0.229 e. The lowest BCUT2D eigenvalue weighted by atomic mass is 9.95. The van der Waals surface area contributed by atoms with Crippen molar-refractivity contribution in [3.8, 4) is 0 Å². The second-order valence-corrected chi connectivity index (χ2v) is 6.14. The van der Waals surface area contributed by atoms with Gasteiger partial charge in [-0.15, -0.1) is 0 Å². The first kappa shape index (κ1) is 14.3. The fourth-order valence-electron chi connectivity index (χ4n) is 1.95. The van der Waals surface area contributed by atoms with Crippen LogP contribution in [0.5, 0.6) is 0 Å². The molecule has 0 saturated heterocycles. The van der Waals surface area contributed by atoms with Gasteiger partial charge in [-0.05, 0) is 35.4 Å². The largest absolute Gasteiger partial charge is 0.330 e. The smallest absolute Gasteiger partial charge is 0.229 e. The van der Waals surface area contributed by atoms with Crippen LogP contribution in [-0.2, 0) is 4.79 Å². The Hall–Kier alpha value is -2.09. The number of allylic oxidation sites excluding steroid dienone is 1. The molecule has 2 heteroatoms. The second kappa shape index (κ2) is 5.49. The third-order valence-electron chi connectivity index (χ3n) is 3.15. The molecule has 1 amide bonds. The van der Waals surface area contributed by atoms with Crippen molar-refractivity contribution >= 4 is 22.8 Å². The number of fused-ring (bicyclic) bond motifs is 1. The summed E-state index contributed by atoms with van der Waals surface area (Å²) in [5.41, 5.74) is 1.58. The van der Waals surface area contributed by atoms with Crippen LogP contribution >= 0.6 is 0 Å². The fraction of sp³-hybridized carbons (Fsp3) is 0.278. The zero-order valence-corrected chi connectivity index (χ0v) is 12.5. The molecular weight excluding hydrogens is 246 g/mol. The number of carbonyl (C=O) groups excluding carboxylic acids is 1. The lowest BCUT2D eigenvalue weighted by Crippen LogP contribution is -2.33. The lowest BCUT2D eigenvalue weighted by molar-refractivity contribution is -0.127. The van der Waals surface area contributed by atoms with Gasteiger partial charge in [0.25, 0.3) is 0 Å². The van der Waals surface area contributed by atoms with Crippen LogP contribution in [0.25, 0.3) is 16.8 Å². The van der Waals surface area contributed by atoms with Crippen molar-refractivity contribution in [3.63, 3.8) is 0 Å². The summed E-state index contributed by atoms with van der Waals surface area (Å²) in [6.45, 7) is 7.64. The van der Waals surface area contributed by atoms with E-state index in [9.17, 15) is 4.79 Å². The molecule has 1 N–H and O–H groups in total. The molecule has 0 aliphatic carbocycles. The molecule has 0 spiro atoms. The molecule has 0 bridgehead atoms. The lowest BCUT2D eigenvalue weighted by Gasteiger charge is -2.17. The third-order valence-corrected chi connectivity index (χ3v) is 3.15. The molecule has 0 radical (unpaired) electrons. The van der Waals surface area contributed by atoms with Gasteiger partial charge < -0.3 is 5.32 Å². The van der Waals surface area contributed by atoms with Crippen LogP contribution in [0.4, 0.5) is 0 Å². The highest BCUT2D eigenvalue weighted by atomic mass is 16.2. The summed E-state index contributed by atoms with van der Waals surface area (Å²) < 4.78 is 0. The van der Waals surface area contributed by atoms with E-state index >= 15 is 0 Å². The van der Waals surface area contributed by atoms with Crippen LogP contribution < -0.4 is 5.32 Å². The standard InChI is InChI=1S/C18H21NO/c1-13(19-17(20)18(2,3)4)11-14-9-10-15-7-5-6-8-16(15)12-14/h5-12H,1-4H3,(H,19,20)/b13-11-. The van der Waals surface area contributed by atoms with Crippen molar-refractivity contribution in [2.75, 3.05) is 0 Å². The molecule has 2 nitrogen and oxygen atoms in total. The van der Waals surface area contributed by atoms with E-state index in [-0.39, 0.29) is 11.3 Å². The molecule has 2 aromatic rings. The van der Waals surface area contributed by atoms with Gasteiger partial charge in [-0.1, -0.05) is 57.2 Å². The van der Waals surface area contributed by atoms with Gasteiger partial charge in [-0.3, -0.25) is 4.79 Å². The zero-order valence-electron chi connectivity index (χ0n) is 12.5. The number of rotatable bonds is 2. The summed E-state index contributed by atoms with van der Waals surface area (Å²) >= 11 is 0. The van der Waals surface area contributed by atoms with E-state index in [4.69, 9.17) is 0 Å². The highest BCUT2D eigenvalue weighted by molar-refractivity contribution is 5.86. The van der Waals surface area contributed by atoms with Crippen LogP contribution in [0, 0.1) is 5.41 Å². The molecule has 2 rings (SSSR count). The van der Waals surface area contributed by atoms with E-state index in [1.165, 1.54) is 10.8 Å². The first-order valence-corrected chi connectivity index (χ1v) is 6.85. The van der Waals surface area contributed by atoms with Crippen molar-refractivity contribution in [2.24, 2.45) is 5.41 Å². The Bertz CT molecular complexity index is 662. The minimum absolute atomic E-state index is 0.0343. The maximum absolute atomic E-state index is 11.9. The molecule has 0 unspecified atom stereocenters. The van der Waals surface area contributed by atoms with Crippen LogP contribution in [0.15, 0.2) is 48.2 Å². The minimum Gasteiger partial charge on any atom is -0.330 e. The molecule has 2 aromatic carbocycles. The Labute approximate surface area is 120 Å². The van der Waals surface area contributed by atoms with Crippen LogP contribution in [0.2, 0.25) is 0 Å². The number of hydrogen-bond donors (Lipinski definition) is 1. The number of nitrogens with one attached hydrogen (secondary N) is 1. The first-order chi connectivity index (χ1) is 9.36. The van der Waals surface area contributed by atoms with Gasteiger partial charge in [-0.2, -0.15) is 0 Å². The fourth-order valence-corrected chi connectivity index (χ4v) is 1.95. The van der Waals surface area contributed by atoms with E-state index < -0.39 is 0 Å². The van der Waals surface area contributed by atoms with E-state index in [0.29, 0.717) is 0 Å². The molecule has 0 aromatic heterocycles. The molecule has 0 aliphatic heterocycles. The molecule has 0 heterocycles. The Kier molecular flexibility index (Phi) is 3.93. The summed E-state index contributed by atoms with van der Waals surface area (Å²) in [7, 11) is 0. The third kappa shape index (κ3) is 3.47. The quantitative estimate of drug-likeness (QED) is 0.860. The Morgan fingerprint density at radius 3 is 2.35 bits per heavy atom. The maximum atomic E-state index is 11.9. The Balaban J connectivity index is 2.22. The van der Waals surface area contributed by atoms with E-state index in [1.807, 2.05) is 45.9 Å². The molecule has 20 heavy (non-hydrogen) atoms. The van der Waals surface area contributed by atoms with Gasteiger partial charge in [0, 0.05) is 11.1 Å². The van der Waals surface area contributed by atoms with Crippen LogP contribution in [0.1, 0.15) is 33.3 Å². The van der Waals surface area contributed by atoms with Crippen LogP contribution in [0.3, 0.4) is 0 Å². The van der Waals surface area contributed by atoms with E-state index in [0.717, 1.165) is 11.3 Å². The molecule has 104 valence electrons. The minimum atomic E-state index is -0.377. The van der Waals surface area contributed by atoms with Crippen molar-refractivity contribution in [3.05, 3.63) is 53.7 Å². The molecular formula is C18H21NO. The summed E-state index contributed by atoms with van der Waals surface area (Å²) in [6.07, 6.45) is 2.00. The van der Waals surface area contributed by atoms with Crippen molar-refractivity contribution in [2.45, 2.75) is 27.7 Å². The van der Waals surface area contributed by atoms with E-state index in [2.05, 4.69) is 35.6 Å². The Morgan fingerprint density at radius 2 is 1.70 bits per heavy atom. The van der Waals surface area contributed by atoms with Gasteiger partial charge in [-0.25, -0.2) is 0 Å². The molecule has 0 atom stereocenters. The normalized spacial score (nSPS) is 12.5. The predicted octanol–water partition coefficient (Wildman–Crippen LogP) is 4.36. The monoisotopic (exact) mass is 267 g/mol. The van der Waals surface area contributed by atoms with Crippen molar-refractivity contribution < 1.29 is 4.79 Å².